The van der Waals surface area contributed by atoms with Crippen molar-refractivity contribution in [1.29, 1.82) is 0 Å². The summed E-state index contributed by atoms with van der Waals surface area (Å²) in [6.45, 7) is 10.5. The molecule has 1 heterocycles. The van der Waals surface area contributed by atoms with Gasteiger partial charge in [-0.25, -0.2) is 0 Å². The summed E-state index contributed by atoms with van der Waals surface area (Å²) in [5.41, 5.74) is 4.27. The number of pyridine rings is 1. The first kappa shape index (κ1) is 16.7. The smallest absolute Gasteiger partial charge is 0.181 e. The molecule has 1 aromatic heterocycles. The van der Waals surface area contributed by atoms with Crippen LogP contribution in [-0.4, -0.2) is 10.1 Å². The van der Waals surface area contributed by atoms with E-state index in [1.165, 1.54) is 11.1 Å². The standard InChI is InChI=1S/C19H25NO2/c1-13-11-15(8-9-17(13)19(3,4)5)18(21)22-14(2)16-7-6-10-20-12-16/h6-12,14,18,21H,1-5H3. The lowest BCUT2D eigenvalue weighted by Crippen LogP contribution is -2.14. The van der Waals surface area contributed by atoms with Gasteiger partial charge in [0.15, 0.2) is 6.29 Å². The van der Waals surface area contributed by atoms with E-state index in [0.29, 0.717) is 0 Å². The Morgan fingerprint density at radius 1 is 1.14 bits per heavy atom. The van der Waals surface area contributed by atoms with Crippen LogP contribution in [0.2, 0.25) is 0 Å². The van der Waals surface area contributed by atoms with E-state index in [-0.39, 0.29) is 11.5 Å². The molecule has 2 atom stereocenters. The molecule has 1 N–H and O–H groups in total. The van der Waals surface area contributed by atoms with E-state index >= 15 is 0 Å². The maximum absolute atomic E-state index is 10.3. The highest BCUT2D eigenvalue weighted by atomic mass is 16.6. The van der Waals surface area contributed by atoms with Gasteiger partial charge in [-0.15, -0.1) is 0 Å². The van der Waals surface area contributed by atoms with Crippen LogP contribution in [0.15, 0.2) is 42.7 Å². The Balaban J connectivity index is 2.13. The highest BCUT2D eigenvalue weighted by molar-refractivity contribution is 5.36. The molecule has 22 heavy (non-hydrogen) atoms. The van der Waals surface area contributed by atoms with Crippen molar-refractivity contribution in [2.24, 2.45) is 0 Å². The Morgan fingerprint density at radius 2 is 1.86 bits per heavy atom. The van der Waals surface area contributed by atoms with Gasteiger partial charge in [0.05, 0.1) is 6.10 Å². The van der Waals surface area contributed by atoms with Gasteiger partial charge in [0.1, 0.15) is 0 Å². The van der Waals surface area contributed by atoms with Crippen LogP contribution in [0.25, 0.3) is 0 Å². The number of hydrogen-bond acceptors (Lipinski definition) is 3. The zero-order valence-electron chi connectivity index (χ0n) is 14.0. The van der Waals surface area contributed by atoms with Gasteiger partial charge in [0, 0.05) is 18.0 Å². The van der Waals surface area contributed by atoms with E-state index in [9.17, 15) is 5.11 Å². The number of nitrogens with zero attached hydrogens (tertiary/aromatic N) is 1. The number of hydrogen-bond donors (Lipinski definition) is 1. The summed E-state index contributed by atoms with van der Waals surface area (Å²) < 4.78 is 5.72. The fourth-order valence-corrected chi connectivity index (χ4v) is 2.65. The average Bonchev–Trinajstić information content (AvgIpc) is 2.46. The van der Waals surface area contributed by atoms with E-state index in [0.717, 1.165) is 11.1 Å². The number of aryl methyl sites for hydroxylation is 1. The Kier molecular flexibility index (Phi) is 4.99. The van der Waals surface area contributed by atoms with Crippen molar-refractivity contribution in [3.8, 4) is 0 Å². The van der Waals surface area contributed by atoms with Crippen molar-refractivity contribution in [2.75, 3.05) is 0 Å². The molecule has 0 radical (unpaired) electrons. The Morgan fingerprint density at radius 3 is 2.41 bits per heavy atom. The summed E-state index contributed by atoms with van der Waals surface area (Å²) in [5, 5.41) is 10.3. The summed E-state index contributed by atoms with van der Waals surface area (Å²) in [5.74, 6) is 0. The molecule has 0 amide bonds. The van der Waals surface area contributed by atoms with Gasteiger partial charge in [-0.3, -0.25) is 4.98 Å². The van der Waals surface area contributed by atoms with Gasteiger partial charge in [-0.1, -0.05) is 45.0 Å². The van der Waals surface area contributed by atoms with Crippen molar-refractivity contribution in [2.45, 2.75) is 52.4 Å². The lowest BCUT2D eigenvalue weighted by Gasteiger charge is -2.24. The first-order valence-electron chi connectivity index (χ1n) is 7.63. The molecule has 3 nitrogen and oxygen atoms in total. The third kappa shape index (κ3) is 3.93. The monoisotopic (exact) mass is 299 g/mol. The van der Waals surface area contributed by atoms with E-state index in [4.69, 9.17) is 4.74 Å². The fraction of sp³-hybridized carbons (Fsp3) is 0.421. The second kappa shape index (κ2) is 6.59. The number of ether oxygens (including phenoxy) is 1. The molecule has 2 aromatic rings. The van der Waals surface area contributed by atoms with Crippen LogP contribution in [0, 0.1) is 6.92 Å². The third-order valence-corrected chi connectivity index (χ3v) is 3.83. The number of aliphatic hydroxyl groups excluding tert-OH is 1. The van der Waals surface area contributed by atoms with E-state index in [1.807, 2.05) is 31.2 Å². The van der Waals surface area contributed by atoms with Crippen LogP contribution in [-0.2, 0) is 10.2 Å². The van der Waals surface area contributed by atoms with Crippen LogP contribution < -0.4 is 0 Å². The van der Waals surface area contributed by atoms with E-state index in [2.05, 4.69) is 38.7 Å². The van der Waals surface area contributed by atoms with E-state index in [1.54, 1.807) is 12.4 Å². The van der Waals surface area contributed by atoms with Crippen molar-refractivity contribution < 1.29 is 9.84 Å². The molecule has 3 heteroatoms. The van der Waals surface area contributed by atoms with Crippen LogP contribution in [0.4, 0.5) is 0 Å². The molecule has 0 spiro atoms. The number of benzene rings is 1. The number of aliphatic hydroxyl groups is 1. The molecule has 0 aliphatic carbocycles. The van der Waals surface area contributed by atoms with Crippen LogP contribution in [0.5, 0.6) is 0 Å². The summed E-state index contributed by atoms with van der Waals surface area (Å²) in [7, 11) is 0. The molecule has 0 aliphatic heterocycles. The average molecular weight is 299 g/mol. The first-order valence-corrected chi connectivity index (χ1v) is 7.63. The minimum atomic E-state index is -0.942. The largest absolute Gasteiger partial charge is 0.364 e. The topological polar surface area (TPSA) is 42.4 Å². The quantitative estimate of drug-likeness (QED) is 0.848. The van der Waals surface area contributed by atoms with Crippen molar-refractivity contribution in [3.63, 3.8) is 0 Å². The van der Waals surface area contributed by atoms with Gasteiger partial charge in [-0.05, 0) is 42.0 Å². The molecule has 0 aliphatic rings. The Bertz CT molecular complexity index is 617. The maximum Gasteiger partial charge on any atom is 0.181 e. The summed E-state index contributed by atoms with van der Waals surface area (Å²) in [6, 6.07) is 9.82. The molecule has 0 fully saturated rings. The molecule has 2 unspecified atom stereocenters. The summed E-state index contributed by atoms with van der Waals surface area (Å²) in [4.78, 5) is 4.08. The van der Waals surface area contributed by atoms with Gasteiger partial charge >= 0.3 is 0 Å². The summed E-state index contributed by atoms with van der Waals surface area (Å²) >= 11 is 0. The Hall–Kier alpha value is -1.71. The minimum absolute atomic E-state index is 0.0947. The molecule has 0 bridgehead atoms. The van der Waals surface area contributed by atoms with Gasteiger partial charge in [0.2, 0.25) is 0 Å². The highest BCUT2D eigenvalue weighted by Crippen LogP contribution is 2.30. The first-order chi connectivity index (χ1) is 10.3. The molecule has 118 valence electrons. The van der Waals surface area contributed by atoms with Gasteiger partial charge in [-0.2, -0.15) is 0 Å². The summed E-state index contributed by atoms with van der Waals surface area (Å²) in [6.07, 6.45) is 2.32. The van der Waals surface area contributed by atoms with Gasteiger partial charge < -0.3 is 9.84 Å². The fourth-order valence-electron chi connectivity index (χ4n) is 2.65. The molecular weight excluding hydrogens is 274 g/mol. The predicted molar refractivity (Wildman–Crippen MR) is 88.6 cm³/mol. The lowest BCUT2D eigenvalue weighted by molar-refractivity contribution is -0.136. The van der Waals surface area contributed by atoms with Crippen LogP contribution in [0.3, 0.4) is 0 Å². The van der Waals surface area contributed by atoms with E-state index < -0.39 is 6.29 Å². The second-order valence-corrected chi connectivity index (χ2v) is 6.74. The zero-order chi connectivity index (χ0) is 16.3. The zero-order valence-corrected chi connectivity index (χ0v) is 14.0. The minimum Gasteiger partial charge on any atom is -0.364 e. The molecule has 0 saturated carbocycles. The predicted octanol–water partition coefficient (Wildman–Crippen LogP) is 4.46. The van der Waals surface area contributed by atoms with Crippen molar-refractivity contribution in [3.05, 3.63) is 65.0 Å². The van der Waals surface area contributed by atoms with Crippen LogP contribution >= 0.6 is 0 Å². The van der Waals surface area contributed by atoms with Crippen molar-refractivity contribution in [1.82, 2.24) is 4.98 Å². The molecular formula is C19H25NO2. The number of aromatic nitrogens is 1. The number of rotatable bonds is 4. The SMILES string of the molecule is Cc1cc(C(O)OC(C)c2cccnc2)ccc1C(C)(C)C. The third-order valence-electron chi connectivity index (χ3n) is 3.83. The second-order valence-electron chi connectivity index (χ2n) is 6.74. The van der Waals surface area contributed by atoms with Crippen molar-refractivity contribution >= 4 is 0 Å². The van der Waals surface area contributed by atoms with Crippen LogP contribution in [0.1, 0.15) is 62.3 Å². The van der Waals surface area contributed by atoms with Gasteiger partial charge in [0.25, 0.3) is 0 Å². The maximum atomic E-state index is 10.3. The molecule has 1 aromatic carbocycles. The Labute approximate surface area is 133 Å². The lowest BCUT2D eigenvalue weighted by atomic mass is 9.83. The highest BCUT2D eigenvalue weighted by Gasteiger charge is 2.19. The molecule has 2 rings (SSSR count). The molecule has 0 saturated heterocycles. The normalized spacial score (nSPS) is 14.6.